The van der Waals surface area contributed by atoms with E-state index in [4.69, 9.17) is 91.5 Å². The number of nitrogens with zero attached hydrogens (tertiary/aromatic N) is 15. The monoisotopic (exact) mass is 1190 g/mol. The maximum atomic E-state index is 9.98. The average Bonchev–Trinajstić information content (AvgIpc) is 3.49. The summed E-state index contributed by atoms with van der Waals surface area (Å²) < 4.78 is 5.26. The van der Waals surface area contributed by atoms with Gasteiger partial charge in [0, 0.05) is 115 Å². The van der Waals surface area contributed by atoms with Gasteiger partial charge in [-0.1, -0.05) is 120 Å². The average molecular weight is 1190 g/mol. The Balaban J connectivity index is 0.000000170. The first-order chi connectivity index (χ1) is 37.6. The second-order valence-electron chi connectivity index (χ2n) is 18.6. The smallest absolute Gasteiger partial charge is 0.247 e. The van der Waals surface area contributed by atoms with Gasteiger partial charge in [-0.2, -0.15) is 15.0 Å². The number of aromatic nitrogens is 9. The quantitative estimate of drug-likeness (QED) is 0.0640. The molecule has 9 rings (SSSR count). The molecule has 0 amide bonds. The number of benzene rings is 3. The summed E-state index contributed by atoms with van der Waals surface area (Å²) >= 11 is 36.9. The summed E-state index contributed by atoms with van der Waals surface area (Å²) in [4.78, 5) is 26.3. The fourth-order valence-corrected chi connectivity index (χ4v) is 9.97. The summed E-state index contributed by atoms with van der Waals surface area (Å²) in [6, 6.07) is 15.8. The normalized spacial score (nSPS) is 16.3. The van der Waals surface area contributed by atoms with Crippen LogP contribution in [0.15, 0.2) is 54.6 Å². The Labute approximate surface area is 484 Å². The van der Waals surface area contributed by atoms with E-state index in [2.05, 4.69) is 72.1 Å². The third kappa shape index (κ3) is 16.1. The van der Waals surface area contributed by atoms with E-state index in [0.717, 1.165) is 91.5 Å². The lowest BCUT2D eigenvalue weighted by atomic mass is 10.1. The van der Waals surface area contributed by atoms with Gasteiger partial charge < -0.3 is 46.9 Å². The van der Waals surface area contributed by atoms with Crippen LogP contribution in [-0.4, -0.2) is 194 Å². The molecule has 3 aromatic heterocycles. The van der Waals surface area contributed by atoms with Crippen LogP contribution in [0.25, 0.3) is 33.8 Å². The second-order valence-corrected chi connectivity index (χ2v) is 21.0. The van der Waals surface area contributed by atoms with Crippen LogP contribution in [0.2, 0.25) is 30.1 Å². The Morgan fingerprint density at radius 1 is 0.474 bits per heavy atom. The Hall–Kier alpha value is -5.01. The van der Waals surface area contributed by atoms with E-state index in [9.17, 15) is 10.2 Å². The van der Waals surface area contributed by atoms with E-state index in [0.29, 0.717) is 114 Å². The van der Waals surface area contributed by atoms with Gasteiger partial charge in [-0.15, -0.1) is 30.6 Å². The standard InChI is InChI=1S/C18H24Cl2N6O2.C17H22Cl2N6O.C16H20Cl2N6/c1-2-28-11-12(27)10-25-6-8-26(9-7-25)18-22-17(21)16(23-24-18)13-4-3-5-14(19)15(13)20;1-2-11(26)10-24-6-8-25(9-7-24)17-21-16(20)15(22-23-17)12-4-3-5-13(18)14(12)19;1-2-6-23-7-9-24(10-8-23)16-20-15(19)14(21-22-16)11-4-3-5-12(17)13(11)18/h3-5,12,27H,2,6-11H2,1H3,(H2,21,22,24);3-5,11,26H,2,6-10H2,1H3,(H2,20,21,23);3-5H,2,6-10H2,1H3,(H2,19,20,22)/t12-;;/m1../s1. The number of hydrogen-bond donors (Lipinski definition) is 5. The molecule has 0 bridgehead atoms. The summed E-state index contributed by atoms with van der Waals surface area (Å²) in [5, 5.41) is 47.6. The highest BCUT2D eigenvalue weighted by Gasteiger charge is 2.26. The first kappa shape index (κ1) is 60.6. The van der Waals surface area contributed by atoms with Crippen LogP contribution >= 0.6 is 69.6 Å². The van der Waals surface area contributed by atoms with Gasteiger partial charge >= 0.3 is 0 Å². The second kappa shape index (κ2) is 29.5. The number of nitrogens with two attached hydrogens (primary N) is 3. The van der Waals surface area contributed by atoms with E-state index < -0.39 is 6.10 Å². The molecule has 420 valence electrons. The van der Waals surface area contributed by atoms with Gasteiger partial charge in [-0.25, -0.2) is 0 Å². The van der Waals surface area contributed by atoms with Crippen molar-refractivity contribution in [2.45, 2.75) is 45.8 Å². The molecule has 27 heteroatoms. The van der Waals surface area contributed by atoms with E-state index in [1.807, 2.05) is 23.6 Å². The number of nitrogen functional groups attached to an aromatic ring is 3. The van der Waals surface area contributed by atoms with Gasteiger partial charge in [-0.05, 0) is 44.5 Å². The molecule has 0 radical (unpaired) electrons. The van der Waals surface area contributed by atoms with Crippen molar-refractivity contribution in [1.29, 1.82) is 0 Å². The van der Waals surface area contributed by atoms with Gasteiger partial charge in [0.25, 0.3) is 0 Å². The molecule has 0 saturated carbocycles. The summed E-state index contributed by atoms with van der Waals surface area (Å²) in [5.41, 5.74) is 21.5. The molecule has 3 aliphatic heterocycles. The number of aliphatic hydroxyl groups is 2. The zero-order chi connectivity index (χ0) is 55.9. The Kier molecular flexibility index (Phi) is 22.9. The van der Waals surface area contributed by atoms with E-state index in [-0.39, 0.29) is 17.7 Å². The van der Waals surface area contributed by atoms with Gasteiger partial charge in [-0.3, -0.25) is 14.7 Å². The van der Waals surface area contributed by atoms with E-state index in [1.54, 1.807) is 54.6 Å². The van der Waals surface area contributed by atoms with Crippen LogP contribution in [0.4, 0.5) is 35.3 Å². The fraction of sp³-hybridized carbons (Fsp3) is 0.471. The van der Waals surface area contributed by atoms with Crippen molar-refractivity contribution in [1.82, 2.24) is 60.2 Å². The van der Waals surface area contributed by atoms with Crippen molar-refractivity contribution in [3.8, 4) is 33.8 Å². The first-order valence-electron chi connectivity index (χ1n) is 25.8. The molecule has 1 unspecified atom stereocenters. The van der Waals surface area contributed by atoms with Gasteiger partial charge in [0.2, 0.25) is 17.8 Å². The maximum Gasteiger partial charge on any atom is 0.247 e. The van der Waals surface area contributed by atoms with E-state index >= 15 is 0 Å². The molecule has 8 N–H and O–H groups in total. The number of β-amino-alcohol motifs (C(OH)–C–C–N with tert-alkyl or cyclic N) is 2. The fourth-order valence-electron chi connectivity index (χ4n) is 8.80. The Bertz CT molecular complexity index is 2900. The third-order valence-electron chi connectivity index (χ3n) is 13.2. The van der Waals surface area contributed by atoms with Gasteiger partial charge in [0.05, 0.1) is 49.0 Å². The van der Waals surface area contributed by atoms with Crippen molar-refractivity contribution in [2.24, 2.45) is 0 Å². The highest BCUT2D eigenvalue weighted by molar-refractivity contribution is 6.45. The molecule has 3 aliphatic rings. The number of ether oxygens (including phenoxy) is 1. The molecule has 6 aromatic rings. The van der Waals surface area contributed by atoms with Crippen LogP contribution in [-0.2, 0) is 4.74 Å². The highest BCUT2D eigenvalue weighted by atomic mass is 35.5. The van der Waals surface area contributed by atoms with Crippen LogP contribution in [0.3, 0.4) is 0 Å². The molecule has 3 fully saturated rings. The molecule has 78 heavy (non-hydrogen) atoms. The zero-order valence-electron chi connectivity index (χ0n) is 43.8. The largest absolute Gasteiger partial charge is 0.392 e. The summed E-state index contributed by atoms with van der Waals surface area (Å²) in [6.45, 7) is 19.4. The highest BCUT2D eigenvalue weighted by Crippen LogP contribution is 2.37. The van der Waals surface area contributed by atoms with Crippen molar-refractivity contribution < 1.29 is 14.9 Å². The Morgan fingerprint density at radius 2 is 0.808 bits per heavy atom. The molecule has 3 saturated heterocycles. The number of hydrogen-bond acceptors (Lipinski definition) is 21. The number of piperazine rings is 3. The van der Waals surface area contributed by atoms with Crippen LogP contribution in [0.5, 0.6) is 0 Å². The van der Waals surface area contributed by atoms with Crippen LogP contribution < -0.4 is 31.9 Å². The number of rotatable bonds is 16. The zero-order valence-corrected chi connectivity index (χ0v) is 48.3. The number of aliphatic hydroxyl groups excluding tert-OH is 2. The predicted molar refractivity (Wildman–Crippen MR) is 314 cm³/mol. The SMILES string of the molecule is CCC(O)CN1CCN(c2nnc(-c3cccc(Cl)c3Cl)c(N)n2)CC1.CCCN1CCN(c2nnc(-c3cccc(Cl)c3Cl)c(N)n2)CC1.CCOC[C@H](O)CN1CCN(c2nnc(-c3cccc(Cl)c3Cl)c(N)n2)CC1. The van der Waals surface area contributed by atoms with Gasteiger partial charge in [0.1, 0.15) is 17.1 Å². The summed E-state index contributed by atoms with van der Waals surface area (Å²) in [6.07, 6.45) is 1.16. The third-order valence-corrected chi connectivity index (χ3v) is 15.6. The molecule has 6 heterocycles. The molecule has 3 aromatic carbocycles. The predicted octanol–water partition coefficient (Wildman–Crippen LogP) is 7.23. The molecular formula is C51H66Cl6N18O3. The minimum Gasteiger partial charge on any atom is -0.392 e. The lowest BCUT2D eigenvalue weighted by Gasteiger charge is -2.35. The lowest BCUT2D eigenvalue weighted by Crippen LogP contribution is -2.49. The molecule has 0 aliphatic carbocycles. The molecule has 21 nitrogen and oxygen atoms in total. The molecule has 2 atom stereocenters. The minimum absolute atomic E-state index is 0.253. The van der Waals surface area contributed by atoms with Crippen molar-refractivity contribution in [2.75, 3.05) is 143 Å². The topological polar surface area (TPSA) is 263 Å². The minimum atomic E-state index is -0.484. The van der Waals surface area contributed by atoms with Crippen molar-refractivity contribution in [3.05, 3.63) is 84.7 Å². The molecular weight excluding hydrogens is 1130 g/mol. The van der Waals surface area contributed by atoms with Gasteiger partial charge in [0.15, 0.2) is 17.5 Å². The Morgan fingerprint density at radius 3 is 1.12 bits per heavy atom. The summed E-state index contributed by atoms with van der Waals surface area (Å²) in [7, 11) is 0. The van der Waals surface area contributed by atoms with E-state index in [1.165, 1.54) is 6.42 Å². The van der Waals surface area contributed by atoms with Crippen LogP contribution in [0.1, 0.15) is 33.6 Å². The molecule has 0 spiro atoms. The number of anilines is 6. The number of halogens is 6. The summed E-state index contributed by atoms with van der Waals surface area (Å²) in [5.74, 6) is 2.37. The maximum absolute atomic E-state index is 9.98. The van der Waals surface area contributed by atoms with Crippen molar-refractivity contribution in [3.63, 3.8) is 0 Å². The first-order valence-corrected chi connectivity index (χ1v) is 28.0. The van der Waals surface area contributed by atoms with Crippen molar-refractivity contribution >= 4 is 105 Å². The lowest BCUT2D eigenvalue weighted by molar-refractivity contribution is 0.0202. The van der Waals surface area contributed by atoms with Crippen LogP contribution in [0, 0.1) is 0 Å².